The number of nitrogens with one attached hydrogen (secondary N) is 1. The lowest BCUT2D eigenvalue weighted by molar-refractivity contribution is -0.134. The first-order valence-corrected chi connectivity index (χ1v) is 7.60. The SMILES string of the molecule is CCC1CCCCN1C(=O)CCNc1ccc(F)c(F)c1. The average molecular weight is 296 g/mol. The van der Waals surface area contributed by atoms with Crippen LogP contribution in [0.5, 0.6) is 0 Å². The van der Waals surface area contributed by atoms with Gasteiger partial charge in [0.2, 0.25) is 5.91 Å². The van der Waals surface area contributed by atoms with Crippen molar-refractivity contribution in [2.24, 2.45) is 0 Å². The minimum atomic E-state index is -0.881. The number of hydrogen-bond acceptors (Lipinski definition) is 2. The molecule has 1 amide bonds. The van der Waals surface area contributed by atoms with Crippen molar-refractivity contribution in [3.8, 4) is 0 Å². The number of carbonyl (C=O) groups excluding carboxylic acids is 1. The Balaban J connectivity index is 1.82. The second-order valence-corrected chi connectivity index (χ2v) is 5.45. The summed E-state index contributed by atoms with van der Waals surface area (Å²) in [6.07, 6.45) is 4.70. The monoisotopic (exact) mass is 296 g/mol. The second kappa shape index (κ2) is 7.38. The molecule has 2 rings (SSSR count). The van der Waals surface area contributed by atoms with Crippen molar-refractivity contribution in [3.05, 3.63) is 29.8 Å². The van der Waals surface area contributed by atoms with Crippen LogP contribution in [0.4, 0.5) is 14.5 Å². The fraction of sp³-hybridized carbons (Fsp3) is 0.562. The summed E-state index contributed by atoms with van der Waals surface area (Å²) in [4.78, 5) is 14.2. The molecular weight excluding hydrogens is 274 g/mol. The van der Waals surface area contributed by atoms with E-state index in [9.17, 15) is 13.6 Å². The van der Waals surface area contributed by atoms with Gasteiger partial charge >= 0.3 is 0 Å². The lowest BCUT2D eigenvalue weighted by Gasteiger charge is -2.35. The molecule has 1 unspecified atom stereocenters. The zero-order valence-corrected chi connectivity index (χ0v) is 12.4. The molecule has 0 saturated carbocycles. The van der Waals surface area contributed by atoms with Gasteiger partial charge in [0.1, 0.15) is 0 Å². The molecule has 1 saturated heterocycles. The maximum Gasteiger partial charge on any atom is 0.224 e. The van der Waals surface area contributed by atoms with E-state index in [1.54, 1.807) is 0 Å². The molecule has 0 spiro atoms. The number of piperidine rings is 1. The molecule has 1 fully saturated rings. The smallest absolute Gasteiger partial charge is 0.224 e. The summed E-state index contributed by atoms with van der Waals surface area (Å²) in [5.74, 6) is -1.61. The molecule has 3 nitrogen and oxygen atoms in total. The number of hydrogen-bond donors (Lipinski definition) is 1. The number of likely N-dealkylation sites (tertiary alicyclic amines) is 1. The molecule has 1 aliphatic heterocycles. The Kier molecular flexibility index (Phi) is 5.53. The Morgan fingerprint density at radius 3 is 2.86 bits per heavy atom. The number of benzene rings is 1. The molecule has 0 aliphatic carbocycles. The van der Waals surface area contributed by atoms with Crippen molar-refractivity contribution >= 4 is 11.6 Å². The van der Waals surface area contributed by atoms with Crippen LogP contribution in [0.15, 0.2) is 18.2 Å². The minimum absolute atomic E-state index is 0.136. The van der Waals surface area contributed by atoms with Gasteiger partial charge in [-0.3, -0.25) is 4.79 Å². The van der Waals surface area contributed by atoms with E-state index in [0.29, 0.717) is 24.7 Å². The molecular formula is C16H22F2N2O. The van der Waals surface area contributed by atoms with Gasteiger partial charge in [-0.15, -0.1) is 0 Å². The van der Waals surface area contributed by atoms with E-state index < -0.39 is 11.6 Å². The van der Waals surface area contributed by atoms with Crippen molar-refractivity contribution in [1.82, 2.24) is 4.90 Å². The van der Waals surface area contributed by atoms with Gasteiger partial charge in [0, 0.05) is 31.2 Å². The van der Waals surface area contributed by atoms with Crippen LogP contribution in [0.25, 0.3) is 0 Å². The van der Waals surface area contributed by atoms with Crippen LogP contribution in [0.2, 0.25) is 0 Å². The summed E-state index contributed by atoms with van der Waals surface area (Å²) in [6.45, 7) is 3.37. The van der Waals surface area contributed by atoms with Gasteiger partial charge in [-0.1, -0.05) is 6.92 Å². The van der Waals surface area contributed by atoms with E-state index >= 15 is 0 Å². The van der Waals surface area contributed by atoms with Crippen LogP contribution in [-0.2, 0) is 4.79 Å². The summed E-state index contributed by atoms with van der Waals surface area (Å²) in [5.41, 5.74) is 0.493. The van der Waals surface area contributed by atoms with Gasteiger partial charge in [-0.2, -0.15) is 0 Å². The first-order valence-electron chi connectivity index (χ1n) is 7.60. The van der Waals surface area contributed by atoms with Crippen LogP contribution >= 0.6 is 0 Å². The van der Waals surface area contributed by atoms with Crippen molar-refractivity contribution in [3.63, 3.8) is 0 Å². The van der Waals surface area contributed by atoms with Crippen LogP contribution in [0, 0.1) is 11.6 Å². The zero-order valence-electron chi connectivity index (χ0n) is 12.4. The molecule has 1 N–H and O–H groups in total. The van der Waals surface area contributed by atoms with Crippen LogP contribution in [-0.4, -0.2) is 29.9 Å². The van der Waals surface area contributed by atoms with E-state index in [2.05, 4.69) is 12.2 Å². The molecule has 0 radical (unpaired) electrons. The first-order chi connectivity index (χ1) is 10.1. The lowest BCUT2D eigenvalue weighted by atomic mass is 9.99. The standard InChI is InChI=1S/C16H22F2N2O/c1-2-13-5-3-4-10-20(13)16(21)8-9-19-12-6-7-14(17)15(18)11-12/h6-7,11,13,19H,2-5,8-10H2,1H3. The maximum atomic E-state index is 13.1. The van der Waals surface area contributed by atoms with E-state index in [1.807, 2.05) is 4.90 Å². The highest BCUT2D eigenvalue weighted by molar-refractivity contribution is 5.77. The predicted octanol–water partition coefficient (Wildman–Crippen LogP) is 3.56. The van der Waals surface area contributed by atoms with Gasteiger partial charge in [0.15, 0.2) is 11.6 Å². The Labute approximate surface area is 124 Å². The third-order valence-corrected chi connectivity index (χ3v) is 4.01. The van der Waals surface area contributed by atoms with Crippen molar-refractivity contribution in [2.45, 2.75) is 45.1 Å². The summed E-state index contributed by atoms with van der Waals surface area (Å²) >= 11 is 0. The quantitative estimate of drug-likeness (QED) is 0.901. The summed E-state index contributed by atoms with van der Waals surface area (Å²) in [5, 5.41) is 2.96. The van der Waals surface area contributed by atoms with E-state index in [4.69, 9.17) is 0 Å². The van der Waals surface area contributed by atoms with Gasteiger partial charge in [-0.25, -0.2) is 8.78 Å². The zero-order chi connectivity index (χ0) is 15.2. The number of rotatable bonds is 5. The molecule has 0 bridgehead atoms. The highest BCUT2D eigenvalue weighted by atomic mass is 19.2. The van der Waals surface area contributed by atoms with Crippen molar-refractivity contribution in [1.29, 1.82) is 0 Å². The third kappa shape index (κ3) is 4.16. The van der Waals surface area contributed by atoms with Crippen LogP contribution in [0.1, 0.15) is 39.0 Å². The summed E-state index contributed by atoms with van der Waals surface area (Å²) in [6, 6.07) is 4.01. The van der Waals surface area contributed by atoms with Crippen LogP contribution < -0.4 is 5.32 Å². The number of nitrogens with zero attached hydrogens (tertiary/aromatic N) is 1. The molecule has 0 aromatic heterocycles. The number of carbonyl (C=O) groups is 1. The third-order valence-electron chi connectivity index (χ3n) is 4.01. The van der Waals surface area contributed by atoms with E-state index in [1.165, 1.54) is 12.5 Å². The molecule has 116 valence electrons. The van der Waals surface area contributed by atoms with Gasteiger partial charge < -0.3 is 10.2 Å². The molecule has 1 aromatic carbocycles. The Morgan fingerprint density at radius 1 is 1.33 bits per heavy atom. The minimum Gasteiger partial charge on any atom is -0.384 e. The average Bonchev–Trinajstić information content (AvgIpc) is 2.50. The molecule has 1 atom stereocenters. The fourth-order valence-electron chi connectivity index (χ4n) is 2.82. The first kappa shape index (κ1) is 15.7. The Bertz CT molecular complexity index is 493. The summed E-state index contributed by atoms with van der Waals surface area (Å²) < 4.78 is 25.9. The fourth-order valence-corrected chi connectivity index (χ4v) is 2.82. The lowest BCUT2D eigenvalue weighted by Crippen LogP contribution is -2.43. The Hall–Kier alpha value is -1.65. The van der Waals surface area contributed by atoms with Crippen LogP contribution in [0.3, 0.4) is 0 Å². The van der Waals surface area contributed by atoms with Gasteiger partial charge in [0.25, 0.3) is 0 Å². The highest BCUT2D eigenvalue weighted by Crippen LogP contribution is 2.20. The molecule has 21 heavy (non-hydrogen) atoms. The topological polar surface area (TPSA) is 32.3 Å². The predicted molar refractivity (Wildman–Crippen MR) is 79.1 cm³/mol. The molecule has 1 aromatic rings. The van der Waals surface area contributed by atoms with Crippen molar-refractivity contribution in [2.75, 3.05) is 18.4 Å². The summed E-state index contributed by atoms with van der Waals surface area (Å²) in [7, 11) is 0. The Morgan fingerprint density at radius 2 is 2.14 bits per heavy atom. The molecule has 5 heteroatoms. The molecule has 1 aliphatic rings. The number of anilines is 1. The number of halogens is 2. The van der Waals surface area contributed by atoms with E-state index in [-0.39, 0.29) is 5.91 Å². The largest absolute Gasteiger partial charge is 0.384 e. The van der Waals surface area contributed by atoms with Gasteiger partial charge in [0.05, 0.1) is 0 Å². The molecule has 1 heterocycles. The maximum absolute atomic E-state index is 13.1. The van der Waals surface area contributed by atoms with Crippen molar-refractivity contribution < 1.29 is 13.6 Å². The number of amides is 1. The second-order valence-electron chi connectivity index (χ2n) is 5.45. The highest BCUT2D eigenvalue weighted by Gasteiger charge is 2.24. The van der Waals surface area contributed by atoms with Gasteiger partial charge in [-0.05, 0) is 43.9 Å². The normalized spacial score (nSPS) is 18.6. The van der Waals surface area contributed by atoms with E-state index in [0.717, 1.165) is 37.9 Å².